The highest BCUT2D eigenvalue weighted by Crippen LogP contribution is 2.09. The molecule has 6 heteroatoms. The first-order chi connectivity index (χ1) is 7.18. The van der Waals surface area contributed by atoms with Gasteiger partial charge in [0.2, 0.25) is 0 Å². The molecule has 0 saturated carbocycles. The monoisotopic (exact) mass is 204 g/mol. The Labute approximate surface area is 85.2 Å². The number of aromatic carboxylic acids is 1. The molecule has 0 saturated heterocycles. The molecule has 0 atom stereocenters. The lowest BCUT2D eigenvalue weighted by molar-refractivity contribution is 0.0687. The number of hydrogen-bond acceptors (Lipinski definition) is 4. The van der Waals surface area contributed by atoms with Gasteiger partial charge in [0, 0.05) is 12.3 Å². The molecule has 0 radical (unpaired) electrons. The van der Waals surface area contributed by atoms with E-state index in [1.54, 1.807) is 13.0 Å². The number of nitrogens with zero attached hydrogens (tertiary/aromatic N) is 4. The Morgan fingerprint density at radius 2 is 2.33 bits per heavy atom. The molecular weight excluding hydrogens is 196 g/mol. The third-order valence-corrected chi connectivity index (χ3v) is 1.83. The van der Waals surface area contributed by atoms with Crippen LogP contribution >= 0.6 is 0 Å². The summed E-state index contributed by atoms with van der Waals surface area (Å²) < 4.78 is 1.28. The minimum atomic E-state index is -1.03. The summed E-state index contributed by atoms with van der Waals surface area (Å²) in [5.41, 5.74) is 0.720. The highest BCUT2D eigenvalue weighted by Gasteiger charge is 2.14. The first kappa shape index (κ1) is 9.32. The van der Waals surface area contributed by atoms with Gasteiger partial charge in [-0.15, -0.1) is 0 Å². The van der Waals surface area contributed by atoms with Gasteiger partial charge >= 0.3 is 5.97 Å². The fourth-order valence-electron chi connectivity index (χ4n) is 1.24. The summed E-state index contributed by atoms with van der Waals surface area (Å²) >= 11 is 0. The van der Waals surface area contributed by atoms with Crippen molar-refractivity contribution in [2.75, 3.05) is 0 Å². The van der Waals surface area contributed by atoms with E-state index in [0.717, 1.165) is 0 Å². The largest absolute Gasteiger partial charge is 0.477 e. The molecule has 0 amide bonds. The normalized spacial score (nSPS) is 10.2. The van der Waals surface area contributed by atoms with Crippen molar-refractivity contribution >= 4 is 5.97 Å². The molecule has 2 rings (SSSR count). The van der Waals surface area contributed by atoms with E-state index in [9.17, 15) is 4.79 Å². The van der Waals surface area contributed by atoms with Crippen LogP contribution in [0.3, 0.4) is 0 Å². The van der Waals surface area contributed by atoms with Gasteiger partial charge < -0.3 is 5.11 Å². The Kier molecular flexibility index (Phi) is 2.17. The van der Waals surface area contributed by atoms with E-state index in [1.165, 1.54) is 23.3 Å². The van der Waals surface area contributed by atoms with Crippen LogP contribution in [-0.4, -0.2) is 30.8 Å². The van der Waals surface area contributed by atoms with E-state index >= 15 is 0 Å². The first-order valence-corrected chi connectivity index (χ1v) is 4.25. The van der Waals surface area contributed by atoms with E-state index < -0.39 is 5.97 Å². The Morgan fingerprint density at radius 1 is 1.53 bits per heavy atom. The fraction of sp³-hybridized carbons (Fsp3) is 0.111. The van der Waals surface area contributed by atoms with Crippen molar-refractivity contribution in [3.63, 3.8) is 0 Å². The van der Waals surface area contributed by atoms with Gasteiger partial charge in [-0.3, -0.25) is 0 Å². The van der Waals surface area contributed by atoms with Crippen LogP contribution in [0.15, 0.2) is 24.7 Å². The van der Waals surface area contributed by atoms with Crippen molar-refractivity contribution in [2.24, 2.45) is 0 Å². The SMILES string of the molecule is Cc1cc(C(=O)O)n(-c2ccncn2)n1. The first-order valence-electron chi connectivity index (χ1n) is 4.25. The molecule has 76 valence electrons. The van der Waals surface area contributed by atoms with Gasteiger partial charge in [-0.2, -0.15) is 5.10 Å². The van der Waals surface area contributed by atoms with Crippen molar-refractivity contribution in [2.45, 2.75) is 6.92 Å². The quantitative estimate of drug-likeness (QED) is 0.777. The smallest absolute Gasteiger partial charge is 0.354 e. The number of aryl methyl sites for hydroxylation is 1. The summed E-state index contributed by atoms with van der Waals surface area (Å²) in [5.74, 6) is -0.593. The van der Waals surface area contributed by atoms with Crippen LogP contribution in [0.2, 0.25) is 0 Å². The predicted octanol–water partition coefficient (Wildman–Crippen LogP) is 0.669. The molecule has 0 fully saturated rings. The Balaban J connectivity index is 2.58. The summed E-state index contributed by atoms with van der Waals surface area (Å²) in [5, 5.41) is 13.0. The van der Waals surface area contributed by atoms with Crippen LogP contribution in [0.1, 0.15) is 16.2 Å². The summed E-state index contributed by atoms with van der Waals surface area (Å²) in [6.07, 6.45) is 2.88. The lowest BCUT2D eigenvalue weighted by Crippen LogP contribution is -2.09. The topological polar surface area (TPSA) is 80.9 Å². The molecule has 0 aromatic carbocycles. The maximum Gasteiger partial charge on any atom is 0.354 e. The Bertz CT molecular complexity index is 492. The highest BCUT2D eigenvalue weighted by atomic mass is 16.4. The van der Waals surface area contributed by atoms with E-state index in [4.69, 9.17) is 5.11 Å². The zero-order valence-electron chi connectivity index (χ0n) is 7.95. The van der Waals surface area contributed by atoms with Crippen molar-refractivity contribution < 1.29 is 9.90 Å². The van der Waals surface area contributed by atoms with Crippen molar-refractivity contribution in [1.82, 2.24) is 19.7 Å². The zero-order chi connectivity index (χ0) is 10.8. The van der Waals surface area contributed by atoms with Gasteiger partial charge in [-0.25, -0.2) is 19.4 Å². The fourth-order valence-corrected chi connectivity index (χ4v) is 1.24. The van der Waals surface area contributed by atoms with Crippen LogP contribution < -0.4 is 0 Å². The molecule has 0 aliphatic rings. The van der Waals surface area contributed by atoms with E-state index in [2.05, 4.69) is 15.1 Å². The third kappa shape index (κ3) is 1.69. The average Bonchev–Trinajstić information content (AvgIpc) is 2.62. The molecule has 0 aliphatic heterocycles. The van der Waals surface area contributed by atoms with E-state index in [0.29, 0.717) is 11.5 Å². The van der Waals surface area contributed by atoms with Crippen LogP contribution in [0.4, 0.5) is 0 Å². The maximum absolute atomic E-state index is 10.9. The number of hydrogen-bond donors (Lipinski definition) is 1. The number of rotatable bonds is 2. The van der Waals surface area contributed by atoms with Gasteiger partial charge in [0.1, 0.15) is 6.33 Å². The summed E-state index contributed by atoms with van der Waals surface area (Å²) in [4.78, 5) is 18.6. The van der Waals surface area contributed by atoms with Gasteiger partial charge in [0.05, 0.1) is 5.69 Å². The molecule has 0 unspecified atom stereocenters. The molecule has 15 heavy (non-hydrogen) atoms. The van der Waals surface area contributed by atoms with E-state index in [1.807, 2.05) is 0 Å². The van der Waals surface area contributed by atoms with Crippen LogP contribution in [-0.2, 0) is 0 Å². The molecule has 2 aromatic rings. The summed E-state index contributed by atoms with van der Waals surface area (Å²) in [7, 11) is 0. The lowest BCUT2D eigenvalue weighted by Gasteiger charge is -2.01. The molecule has 2 aromatic heterocycles. The standard InChI is InChI=1S/C9H8N4O2/c1-6-4-7(9(14)15)13(12-6)8-2-3-10-5-11-8/h2-5H,1H3,(H,14,15). The summed E-state index contributed by atoms with van der Waals surface area (Å²) in [6.45, 7) is 1.73. The Morgan fingerprint density at radius 3 is 2.93 bits per heavy atom. The molecule has 0 spiro atoms. The molecule has 6 nitrogen and oxygen atoms in total. The summed E-state index contributed by atoms with van der Waals surface area (Å²) in [6, 6.07) is 3.09. The predicted molar refractivity (Wildman–Crippen MR) is 50.9 cm³/mol. The average molecular weight is 204 g/mol. The second-order valence-electron chi connectivity index (χ2n) is 2.96. The van der Waals surface area contributed by atoms with Crippen LogP contribution in [0.25, 0.3) is 5.82 Å². The molecule has 1 N–H and O–H groups in total. The second kappa shape index (κ2) is 3.49. The van der Waals surface area contributed by atoms with Crippen molar-refractivity contribution in [3.8, 4) is 5.82 Å². The molecule has 2 heterocycles. The van der Waals surface area contributed by atoms with Crippen molar-refractivity contribution in [1.29, 1.82) is 0 Å². The Hall–Kier alpha value is -2.24. The zero-order valence-corrected chi connectivity index (χ0v) is 7.95. The third-order valence-electron chi connectivity index (χ3n) is 1.83. The van der Waals surface area contributed by atoms with Gasteiger partial charge in [-0.05, 0) is 13.0 Å². The number of carbonyl (C=O) groups is 1. The minimum Gasteiger partial charge on any atom is -0.477 e. The van der Waals surface area contributed by atoms with Gasteiger partial charge in [-0.1, -0.05) is 0 Å². The highest BCUT2D eigenvalue weighted by molar-refractivity contribution is 5.86. The molecule has 0 bridgehead atoms. The van der Waals surface area contributed by atoms with Crippen LogP contribution in [0, 0.1) is 6.92 Å². The lowest BCUT2D eigenvalue weighted by atomic mass is 10.4. The van der Waals surface area contributed by atoms with Crippen molar-refractivity contribution in [3.05, 3.63) is 36.0 Å². The molecular formula is C9H8N4O2. The number of carboxylic acids is 1. The maximum atomic E-state index is 10.9. The van der Waals surface area contributed by atoms with Gasteiger partial charge in [0.15, 0.2) is 11.5 Å². The number of aromatic nitrogens is 4. The second-order valence-corrected chi connectivity index (χ2v) is 2.96. The number of carboxylic acid groups (broad SMARTS) is 1. The minimum absolute atomic E-state index is 0.0891. The van der Waals surface area contributed by atoms with E-state index in [-0.39, 0.29) is 5.69 Å². The van der Waals surface area contributed by atoms with Crippen LogP contribution in [0.5, 0.6) is 0 Å². The molecule has 0 aliphatic carbocycles. The van der Waals surface area contributed by atoms with Gasteiger partial charge in [0.25, 0.3) is 0 Å².